The van der Waals surface area contributed by atoms with Gasteiger partial charge in [0.25, 0.3) is 0 Å². The Kier molecular flexibility index (Phi) is 7.66. The summed E-state index contributed by atoms with van der Waals surface area (Å²) in [4.78, 5) is 0. The van der Waals surface area contributed by atoms with Crippen molar-refractivity contribution in [2.75, 3.05) is 0 Å². The Morgan fingerprint density at radius 1 is 1.00 bits per heavy atom. The molecule has 4 nitrogen and oxygen atoms in total. The highest BCUT2D eigenvalue weighted by Crippen LogP contribution is 2.30. The highest BCUT2D eigenvalue weighted by atomic mass is 35.5. The van der Waals surface area contributed by atoms with Crippen LogP contribution < -0.4 is 0 Å². The lowest BCUT2D eigenvalue weighted by Gasteiger charge is -2.06. The predicted octanol–water partition coefficient (Wildman–Crippen LogP) is 7.02. The van der Waals surface area contributed by atoms with Gasteiger partial charge in [0.1, 0.15) is 0 Å². The van der Waals surface area contributed by atoms with Crippen LogP contribution in [-0.2, 0) is 12.2 Å². The first kappa shape index (κ1) is 21.5. The maximum Gasteiger partial charge on any atom is 0.212 e. The van der Waals surface area contributed by atoms with Crippen molar-refractivity contribution in [3.8, 4) is 0 Å². The van der Waals surface area contributed by atoms with Gasteiger partial charge < -0.3 is 0 Å². The number of nitrogens with zero attached hydrogens (tertiary/aromatic N) is 4. The molecule has 0 bridgehead atoms. The first-order valence-corrected chi connectivity index (χ1v) is 11.0. The van der Waals surface area contributed by atoms with Gasteiger partial charge in [-0.3, -0.25) is 0 Å². The Balaban J connectivity index is 1.87. The van der Waals surface area contributed by atoms with Gasteiger partial charge in [-0.1, -0.05) is 77.2 Å². The molecule has 0 saturated carbocycles. The van der Waals surface area contributed by atoms with Gasteiger partial charge in [-0.25, -0.2) is 0 Å². The van der Waals surface area contributed by atoms with E-state index in [0.29, 0.717) is 30.8 Å². The number of aryl methyl sites for hydroxylation is 1. The number of rotatable bonds is 7. The molecule has 1 heterocycles. The number of thioether (sulfide) groups is 1. The van der Waals surface area contributed by atoms with Gasteiger partial charge >= 0.3 is 0 Å². The summed E-state index contributed by atoms with van der Waals surface area (Å²) in [5, 5.41) is 15.7. The summed E-state index contributed by atoms with van der Waals surface area (Å²) in [5.74, 6) is 1.49. The van der Waals surface area contributed by atoms with Crippen molar-refractivity contribution in [1.29, 1.82) is 0 Å². The Morgan fingerprint density at radius 2 is 1.71 bits per heavy atom. The zero-order valence-electron chi connectivity index (χ0n) is 14.9. The molecule has 0 atom stereocenters. The van der Waals surface area contributed by atoms with Crippen LogP contribution in [0.4, 0.5) is 0 Å². The SMILES string of the molecule is CCCc1nnc(SCc2ccc(Cl)cc2)n1N=Cc1c(Cl)ccc(Cl)c1Cl. The van der Waals surface area contributed by atoms with E-state index in [2.05, 4.69) is 22.2 Å². The van der Waals surface area contributed by atoms with Gasteiger partial charge in [-0.15, -0.1) is 10.2 Å². The van der Waals surface area contributed by atoms with Crippen LogP contribution in [0.15, 0.2) is 46.7 Å². The molecule has 3 rings (SSSR count). The lowest BCUT2D eigenvalue weighted by atomic mass is 10.2. The Morgan fingerprint density at radius 3 is 2.43 bits per heavy atom. The monoisotopic (exact) mass is 472 g/mol. The second-order valence-corrected chi connectivity index (χ2v) is 8.45. The van der Waals surface area contributed by atoms with Crippen LogP contribution in [0.25, 0.3) is 0 Å². The average Bonchev–Trinajstić information content (AvgIpc) is 3.06. The Bertz CT molecular complexity index is 986. The van der Waals surface area contributed by atoms with E-state index in [9.17, 15) is 0 Å². The number of aromatic nitrogens is 3. The van der Waals surface area contributed by atoms with Crippen molar-refractivity contribution in [1.82, 2.24) is 14.9 Å². The molecule has 28 heavy (non-hydrogen) atoms. The number of benzene rings is 2. The minimum absolute atomic E-state index is 0.360. The molecule has 0 radical (unpaired) electrons. The van der Waals surface area contributed by atoms with Gasteiger partial charge in [0.15, 0.2) is 5.82 Å². The zero-order chi connectivity index (χ0) is 20.1. The zero-order valence-corrected chi connectivity index (χ0v) is 18.7. The van der Waals surface area contributed by atoms with Gasteiger partial charge in [-0.05, 0) is 36.2 Å². The van der Waals surface area contributed by atoms with E-state index in [1.165, 1.54) is 11.8 Å². The van der Waals surface area contributed by atoms with Crippen molar-refractivity contribution in [2.24, 2.45) is 5.10 Å². The second-order valence-electron chi connectivity index (χ2n) is 5.88. The molecule has 146 valence electrons. The van der Waals surface area contributed by atoms with Crippen molar-refractivity contribution < 1.29 is 0 Å². The third-order valence-corrected chi connectivity index (χ3v) is 6.20. The summed E-state index contributed by atoms with van der Waals surface area (Å²) in [6.45, 7) is 2.08. The highest BCUT2D eigenvalue weighted by molar-refractivity contribution is 7.98. The first-order valence-electron chi connectivity index (χ1n) is 8.49. The Hall–Kier alpha value is -1.24. The molecular weight excluding hydrogens is 458 g/mol. The lowest BCUT2D eigenvalue weighted by Crippen LogP contribution is -2.01. The van der Waals surface area contributed by atoms with E-state index < -0.39 is 0 Å². The topological polar surface area (TPSA) is 43.1 Å². The summed E-state index contributed by atoms with van der Waals surface area (Å²) in [6, 6.07) is 11.0. The number of halogens is 4. The molecule has 0 aliphatic heterocycles. The molecule has 0 amide bonds. The fraction of sp³-hybridized carbons (Fsp3) is 0.211. The third kappa shape index (κ3) is 5.22. The molecule has 0 unspecified atom stereocenters. The summed E-state index contributed by atoms with van der Waals surface area (Å²) in [5.41, 5.74) is 1.69. The molecule has 3 aromatic rings. The smallest absolute Gasteiger partial charge is 0.191 e. The number of hydrogen-bond donors (Lipinski definition) is 0. The third-order valence-electron chi connectivity index (χ3n) is 3.81. The van der Waals surface area contributed by atoms with Gasteiger partial charge in [0, 0.05) is 22.8 Å². The molecule has 0 spiro atoms. The predicted molar refractivity (Wildman–Crippen MR) is 119 cm³/mol. The Labute approximate surface area is 187 Å². The molecule has 1 aromatic heterocycles. The molecule has 0 N–H and O–H groups in total. The van der Waals surface area contributed by atoms with Crippen molar-refractivity contribution >= 4 is 64.4 Å². The lowest BCUT2D eigenvalue weighted by molar-refractivity contribution is 0.700. The summed E-state index contributed by atoms with van der Waals surface area (Å²) >= 11 is 26.1. The molecule has 0 aliphatic carbocycles. The quantitative estimate of drug-likeness (QED) is 0.210. The van der Waals surface area contributed by atoms with Crippen LogP contribution in [-0.4, -0.2) is 21.1 Å². The van der Waals surface area contributed by atoms with E-state index in [1.807, 2.05) is 24.3 Å². The van der Waals surface area contributed by atoms with Crippen molar-refractivity contribution in [3.63, 3.8) is 0 Å². The van der Waals surface area contributed by atoms with E-state index in [4.69, 9.17) is 46.4 Å². The van der Waals surface area contributed by atoms with E-state index in [-0.39, 0.29) is 0 Å². The van der Waals surface area contributed by atoms with Crippen LogP contribution in [0.3, 0.4) is 0 Å². The van der Waals surface area contributed by atoms with E-state index >= 15 is 0 Å². The molecule has 0 saturated heterocycles. The minimum Gasteiger partial charge on any atom is -0.191 e. The molecular formula is C19H16Cl4N4S. The van der Waals surface area contributed by atoms with E-state index in [1.54, 1.807) is 23.0 Å². The van der Waals surface area contributed by atoms with Crippen molar-refractivity contribution in [3.05, 3.63) is 73.4 Å². The molecule has 9 heteroatoms. The highest BCUT2D eigenvalue weighted by Gasteiger charge is 2.13. The first-order chi connectivity index (χ1) is 13.5. The van der Waals surface area contributed by atoms with Crippen molar-refractivity contribution in [2.45, 2.75) is 30.7 Å². The maximum atomic E-state index is 6.27. The largest absolute Gasteiger partial charge is 0.212 e. The summed E-state index contributed by atoms with van der Waals surface area (Å²) < 4.78 is 1.72. The standard InChI is InChI=1S/C19H16Cl4N4S/c1-2-3-17-25-26-19(28-11-12-4-6-13(20)7-5-12)27(17)24-10-14-15(21)8-9-16(22)18(14)23/h4-10H,2-3,11H2,1H3. The van der Waals surface area contributed by atoms with Gasteiger partial charge in [0.2, 0.25) is 5.16 Å². The average molecular weight is 474 g/mol. The number of hydrogen-bond acceptors (Lipinski definition) is 4. The maximum absolute atomic E-state index is 6.27. The summed E-state index contributed by atoms with van der Waals surface area (Å²) in [7, 11) is 0. The van der Waals surface area contributed by atoms with Gasteiger partial charge in [0.05, 0.1) is 21.3 Å². The summed E-state index contributed by atoms with van der Waals surface area (Å²) in [6.07, 6.45) is 3.27. The van der Waals surface area contributed by atoms with Crippen LogP contribution in [0, 0.1) is 0 Å². The minimum atomic E-state index is 0.360. The second kappa shape index (κ2) is 9.99. The normalized spacial score (nSPS) is 11.5. The fourth-order valence-corrected chi connectivity index (χ4v) is 4.01. The molecule has 0 fully saturated rings. The van der Waals surface area contributed by atoms with E-state index in [0.717, 1.165) is 30.0 Å². The van der Waals surface area contributed by atoms with Crippen LogP contribution in [0.1, 0.15) is 30.3 Å². The van der Waals surface area contributed by atoms with Crippen LogP contribution >= 0.6 is 58.2 Å². The molecule has 2 aromatic carbocycles. The van der Waals surface area contributed by atoms with Crippen LogP contribution in [0.2, 0.25) is 20.1 Å². The molecule has 0 aliphatic rings. The van der Waals surface area contributed by atoms with Crippen LogP contribution in [0.5, 0.6) is 0 Å². The van der Waals surface area contributed by atoms with Gasteiger partial charge in [-0.2, -0.15) is 9.78 Å². The fourth-order valence-electron chi connectivity index (χ4n) is 2.39.